The van der Waals surface area contributed by atoms with Crippen LogP contribution >= 0.6 is 0 Å². The van der Waals surface area contributed by atoms with Gasteiger partial charge in [0, 0.05) is 68.0 Å². The summed E-state index contributed by atoms with van der Waals surface area (Å²) in [6.45, 7) is -0.705. The van der Waals surface area contributed by atoms with Gasteiger partial charge in [-0.25, -0.2) is 4.79 Å². The Morgan fingerprint density at radius 3 is 1.47 bits per heavy atom. The Morgan fingerprint density at radius 1 is 0.614 bits per heavy atom. The number of aliphatic hydroxyl groups excluding tert-OH is 1. The Labute approximate surface area is 324 Å². The molecule has 20 heteroatoms. The monoisotopic (exact) mass is 790 g/mol. The number of benzene rings is 1. The molecule has 0 aliphatic carbocycles. The molecule has 0 fully saturated rings. The molecule has 0 saturated carbocycles. The van der Waals surface area contributed by atoms with E-state index in [2.05, 4.69) is 10.6 Å². The molecule has 57 heavy (non-hydrogen) atoms. The molecule has 0 saturated heterocycles. The van der Waals surface area contributed by atoms with E-state index < -0.39 is 77.4 Å². The topological polar surface area (TPSA) is 267 Å². The zero-order chi connectivity index (χ0) is 41.2. The average Bonchev–Trinajstić information content (AvgIpc) is 3.90. The van der Waals surface area contributed by atoms with Crippen LogP contribution in [0.3, 0.4) is 0 Å². The molecule has 20 nitrogen and oxygen atoms in total. The van der Waals surface area contributed by atoms with Gasteiger partial charge >= 0.3 is 5.97 Å². The zero-order valence-electron chi connectivity index (χ0n) is 30.2. The van der Waals surface area contributed by atoms with Crippen molar-refractivity contribution in [3.05, 3.63) is 72.4 Å². The van der Waals surface area contributed by atoms with Crippen LogP contribution < -0.4 is 20.1 Å². The maximum Gasteiger partial charge on any atom is 0.335 e. The largest absolute Gasteiger partial charge is 0.492 e. The van der Waals surface area contributed by atoms with Gasteiger partial charge in [-0.2, -0.15) is 0 Å². The fourth-order valence-electron chi connectivity index (χ4n) is 6.25. The van der Waals surface area contributed by atoms with Gasteiger partial charge in [0.1, 0.15) is 30.9 Å². The van der Waals surface area contributed by atoms with Gasteiger partial charge in [0.05, 0.1) is 37.3 Å². The lowest BCUT2D eigenvalue weighted by Crippen LogP contribution is -2.49. The molecule has 3 atom stereocenters. The van der Waals surface area contributed by atoms with E-state index >= 15 is 0 Å². The summed E-state index contributed by atoms with van der Waals surface area (Å²) < 4.78 is 11.3. The predicted octanol–water partition coefficient (Wildman–Crippen LogP) is -1.84. The summed E-state index contributed by atoms with van der Waals surface area (Å²) >= 11 is 0. The molecule has 300 valence electrons. The number of ether oxygens (including phenoxy) is 2. The maximum absolute atomic E-state index is 12.6. The number of carbonyl (C=O) groups is 10. The number of nitrogens with one attached hydrogen (secondary N) is 2. The Kier molecular flexibility index (Phi) is 13.4. The summed E-state index contributed by atoms with van der Waals surface area (Å²) in [6.07, 6.45) is 7.22. The fourth-order valence-corrected chi connectivity index (χ4v) is 6.25. The van der Waals surface area contributed by atoms with Crippen LogP contribution in [0.1, 0.15) is 36.0 Å². The molecule has 1 aromatic rings. The fraction of sp³-hybridized carbons (Fsp3) is 0.351. The van der Waals surface area contributed by atoms with Gasteiger partial charge in [0.2, 0.25) is 17.7 Å². The third-order valence-corrected chi connectivity index (χ3v) is 9.05. The van der Waals surface area contributed by atoms with Gasteiger partial charge in [-0.15, -0.1) is 0 Å². The van der Waals surface area contributed by atoms with Crippen molar-refractivity contribution in [1.82, 2.24) is 30.2 Å². The van der Waals surface area contributed by atoms with E-state index in [1.54, 1.807) is 0 Å². The molecule has 0 radical (unpaired) electrons. The summed E-state index contributed by atoms with van der Waals surface area (Å²) in [7, 11) is 0. The van der Waals surface area contributed by atoms with Crippen molar-refractivity contribution in [2.75, 3.05) is 39.4 Å². The smallest absolute Gasteiger partial charge is 0.335 e. The standard InChI is InChI=1S/C37H38N6O14/c44-27(3-1-23(42-33(50)9-10-34(42)51)20-40-29(46)5-6-30(40)47)38-13-15-56-25-17-22(37(54)55)18-26(19-25)57-16-14-39-28(45)4-2-24(43-35(52)11-12-36(43)53)21-41-31(48)7-8-32(41)49/h5-12,17-19,23-24,29,46H,1-4,13-16,20-21H2,(H,38,44)(H,39,45)(H,54,55). The zero-order valence-corrected chi connectivity index (χ0v) is 30.2. The average molecular weight is 791 g/mol. The summed E-state index contributed by atoms with van der Waals surface area (Å²) in [5.74, 6) is -6.23. The molecule has 1 aromatic carbocycles. The van der Waals surface area contributed by atoms with Crippen LogP contribution in [0.15, 0.2) is 66.8 Å². The highest BCUT2D eigenvalue weighted by Gasteiger charge is 2.37. The molecule has 4 N–H and O–H groups in total. The van der Waals surface area contributed by atoms with Crippen LogP contribution in [0.2, 0.25) is 0 Å². The second kappa shape index (κ2) is 18.6. The number of rotatable bonds is 21. The van der Waals surface area contributed by atoms with Crippen LogP contribution in [0.25, 0.3) is 0 Å². The van der Waals surface area contributed by atoms with Gasteiger partial charge < -0.3 is 35.2 Å². The van der Waals surface area contributed by atoms with Crippen LogP contribution in [0.5, 0.6) is 11.5 Å². The number of amides is 9. The highest BCUT2D eigenvalue weighted by Crippen LogP contribution is 2.24. The number of aliphatic hydroxyl groups is 1. The van der Waals surface area contributed by atoms with Gasteiger partial charge in [0.15, 0.2) is 0 Å². The van der Waals surface area contributed by atoms with Crippen molar-refractivity contribution in [3.8, 4) is 11.5 Å². The maximum atomic E-state index is 12.6. The number of aromatic carboxylic acids is 1. The summed E-state index contributed by atoms with van der Waals surface area (Å²) in [6, 6.07) is 2.05. The van der Waals surface area contributed by atoms with Crippen LogP contribution in [0.4, 0.5) is 0 Å². The minimum Gasteiger partial charge on any atom is -0.492 e. The number of hydrogen-bond acceptors (Lipinski definition) is 13. The quantitative estimate of drug-likeness (QED) is 0.0788. The highest BCUT2D eigenvalue weighted by molar-refractivity contribution is 6.15. The van der Waals surface area contributed by atoms with E-state index in [9.17, 15) is 58.2 Å². The van der Waals surface area contributed by atoms with Crippen molar-refractivity contribution in [3.63, 3.8) is 0 Å². The highest BCUT2D eigenvalue weighted by atomic mass is 16.5. The minimum atomic E-state index is -1.28. The predicted molar refractivity (Wildman–Crippen MR) is 191 cm³/mol. The van der Waals surface area contributed by atoms with Gasteiger partial charge in [-0.05, 0) is 31.1 Å². The molecular weight excluding hydrogens is 752 g/mol. The second-order valence-electron chi connectivity index (χ2n) is 12.9. The third-order valence-electron chi connectivity index (χ3n) is 9.05. The first-order chi connectivity index (χ1) is 27.2. The first-order valence-corrected chi connectivity index (χ1v) is 17.7. The van der Waals surface area contributed by atoms with E-state index in [-0.39, 0.29) is 82.1 Å². The van der Waals surface area contributed by atoms with E-state index in [1.807, 2.05) is 0 Å². The SMILES string of the molecule is O=C(CCC(CN1C(=O)C=CC1=O)N1C(=O)C=CC1=O)NCCOc1cc(OCCNC(=O)CCC(CN2C(=O)C=CC2O)N2C(=O)C=CC2=O)cc(C(=O)O)c1. The number of imide groups is 3. The van der Waals surface area contributed by atoms with E-state index in [0.717, 1.165) is 56.1 Å². The first kappa shape index (κ1) is 41.2. The second-order valence-corrected chi connectivity index (χ2v) is 12.9. The summed E-state index contributed by atoms with van der Waals surface area (Å²) in [5.41, 5.74) is -0.171. The lowest BCUT2D eigenvalue weighted by Gasteiger charge is -2.31. The van der Waals surface area contributed by atoms with Crippen molar-refractivity contribution in [2.45, 2.75) is 44.0 Å². The van der Waals surface area contributed by atoms with Crippen molar-refractivity contribution < 1.29 is 67.6 Å². The Balaban J connectivity index is 1.05. The number of hydrogen-bond donors (Lipinski definition) is 4. The van der Waals surface area contributed by atoms with Crippen LogP contribution in [-0.4, -0.2) is 147 Å². The molecule has 4 aliphatic heterocycles. The molecule has 4 heterocycles. The molecule has 0 bridgehead atoms. The third kappa shape index (κ3) is 10.6. The number of carboxylic acid groups (broad SMARTS) is 1. The Hall–Kier alpha value is -6.96. The molecule has 9 amide bonds. The number of carbonyl (C=O) groups excluding carboxylic acids is 9. The molecular formula is C37H38N6O14. The van der Waals surface area contributed by atoms with Gasteiger partial charge in [-0.3, -0.25) is 57.9 Å². The van der Waals surface area contributed by atoms with Crippen molar-refractivity contribution >= 4 is 59.1 Å². The number of carboxylic acids is 1. The van der Waals surface area contributed by atoms with Gasteiger partial charge in [0.25, 0.3) is 35.4 Å². The molecule has 5 rings (SSSR count). The lowest BCUT2D eigenvalue weighted by atomic mass is 10.1. The van der Waals surface area contributed by atoms with Crippen LogP contribution in [-0.2, 0) is 43.2 Å². The molecule has 0 spiro atoms. The van der Waals surface area contributed by atoms with Gasteiger partial charge in [-0.1, -0.05) is 0 Å². The van der Waals surface area contributed by atoms with E-state index in [1.165, 1.54) is 30.4 Å². The van der Waals surface area contributed by atoms with Crippen molar-refractivity contribution in [1.29, 1.82) is 0 Å². The number of nitrogens with zero attached hydrogens (tertiary/aromatic N) is 4. The first-order valence-electron chi connectivity index (χ1n) is 17.7. The normalized spacial score (nSPS) is 18.4. The van der Waals surface area contributed by atoms with E-state index in [4.69, 9.17) is 9.47 Å². The minimum absolute atomic E-state index is 0.00992. The van der Waals surface area contributed by atoms with E-state index in [0.29, 0.717) is 0 Å². The van der Waals surface area contributed by atoms with Crippen molar-refractivity contribution in [2.24, 2.45) is 0 Å². The lowest BCUT2D eigenvalue weighted by molar-refractivity contribution is -0.145. The summed E-state index contributed by atoms with van der Waals surface area (Å²) in [4.78, 5) is 126. The molecule has 4 aliphatic rings. The molecule has 3 unspecified atom stereocenters. The Bertz CT molecular complexity index is 1930. The summed E-state index contributed by atoms with van der Waals surface area (Å²) in [5, 5.41) is 24.9. The van der Waals surface area contributed by atoms with Crippen LogP contribution in [0, 0.1) is 0 Å². The molecule has 0 aromatic heterocycles. The Morgan fingerprint density at radius 2 is 1.05 bits per heavy atom.